The van der Waals surface area contributed by atoms with Gasteiger partial charge in [-0.25, -0.2) is 0 Å². The second kappa shape index (κ2) is 20.7. The van der Waals surface area contributed by atoms with Crippen molar-refractivity contribution in [3.8, 4) is 71.8 Å². The minimum atomic E-state index is -0.371. The van der Waals surface area contributed by atoms with Gasteiger partial charge in [0.15, 0.2) is 0 Å². The molecular formula is C22H22P2. The van der Waals surface area contributed by atoms with Crippen LogP contribution in [0.5, 0.6) is 0 Å². The Bertz CT molecular complexity index is 724. The Morgan fingerprint density at radius 2 is 1.54 bits per heavy atom. The van der Waals surface area contributed by atoms with E-state index in [0.717, 1.165) is 12.3 Å². The van der Waals surface area contributed by atoms with Gasteiger partial charge in [-0.3, -0.25) is 0 Å². The normalized spacial score (nSPS) is 10.4. The van der Waals surface area contributed by atoms with Gasteiger partial charge in [-0.05, 0) is 77.1 Å². The zero-order chi connectivity index (χ0) is 18.5. The van der Waals surface area contributed by atoms with Gasteiger partial charge in [-0.1, -0.05) is 43.2 Å². The number of allylic oxidation sites excluding steroid dienone is 3. The summed E-state index contributed by atoms with van der Waals surface area (Å²) in [4.78, 5) is 0. The van der Waals surface area contributed by atoms with E-state index in [9.17, 15) is 0 Å². The molecule has 0 nitrogen and oxygen atoms in total. The van der Waals surface area contributed by atoms with Crippen LogP contribution in [0.1, 0.15) is 13.8 Å². The van der Waals surface area contributed by atoms with Crippen LogP contribution in [0, 0.1) is 71.8 Å². The number of terminal acetylenes is 2. The van der Waals surface area contributed by atoms with Crippen LogP contribution in [0.2, 0.25) is 0 Å². The molecule has 0 aromatic heterocycles. The first-order chi connectivity index (χ1) is 11.6. The van der Waals surface area contributed by atoms with E-state index in [0.29, 0.717) is 0 Å². The fourth-order valence-corrected chi connectivity index (χ4v) is 2.59. The molecule has 0 fully saturated rings. The molecule has 2 unspecified atom stereocenters. The van der Waals surface area contributed by atoms with Gasteiger partial charge in [0.25, 0.3) is 0 Å². The largest absolute Gasteiger partial charge is 0.106 e. The highest BCUT2D eigenvalue weighted by molar-refractivity contribution is 7.62. The molecular weight excluding hydrogens is 326 g/mol. The minimum absolute atomic E-state index is 0.0464. The molecule has 0 saturated heterocycles. The average molecular weight is 348 g/mol. The zero-order valence-corrected chi connectivity index (χ0v) is 16.6. The molecule has 0 N–H and O–H groups in total. The second-order valence-electron chi connectivity index (χ2n) is 4.13. The summed E-state index contributed by atoms with van der Waals surface area (Å²) in [5.41, 5.74) is 2.90. The van der Waals surface area contributed by atoms with E-state index >= 15 is 0 Å². The molecule has 0 radical (unpaired) electrons. The molecule has 0 aliphatic heterocycles. The Labute approximate surface area is 151 Å². The van der Waals surface area contributed by atoms with Gasteiger partial charge in [-0.15, -0.1) is 24.7 Å². The zero-order valence-electron chi connectivity index (χ0n) is 14.8. The summed E-state index contributed by atoms with van der Waals surface area (Å²) < 4.78 is 0. The van der Waals surface area contributed by atoms with Crippen LogP contribution in [-0.2, 0) is 0 Å². The lowest BCUT2D eigenvalue weighted by atomic mass is 10.5. The molecule has 0 saturated carbocycles. The lowest BCUT2D eigenvalue weighted by Crippen LogP contribution is -1.72. The lowest BCUT2D eigenvalue weighted by molar-refractivity contribution is 1.73. The molecule has 0 aliphatic carbocycles. The van der Waals surface area contributed by atoms with Crippen LogP contribution < -0.4 is 0 Å². The molecule has 0 amide bonds. The summed E-state index contributed by atoms with van der Waals surface area (Å²) in [6.07, 6.45) is 17.7. The van der Waals surface area contributed by atoms with Crippen molar-refractivity contribution in [1.29, 1.82) is 0 Å². The summed E-state index contributed by atoms with van der Waals surface area (Å²) in [5.74, 6) is 26.0. The van der Waals surface area contributed by atoms with E-state index in [-0.39, 0.29) is 15.8 Å². The molecule has 0 heterocycles. The minimum Gasteiger partial charge on any atom is -0.106 e. The Morgan fingerprint density at radius 3 is 2.12 bits per heavy atom. The van der Waals surface area contributed by atoms with Crippen LogP contribution in [0.25, 0.3) is 0 Å². The van der Waals surface area contributed by atoms with Crippen molar-refractivity contribution < 1.29 is 0 Å². The Morgan fingerprint density at radius 1 is 0.917 bits per heavy atom. The van der Waals surface area contributed by atoms with Gasteiger partial charge in [-0.2, -0.15) is 0 Å². The van der Waals surface area contributed by atoms with Gasteiger partial charge in [0, 0.05) is 6.16 Å². The molecule has 0 bridgehead atoms. The summed E-state index contributed by atoms with van der Waals surface area (Å²) in [7, 11) is -0.417. The number of rotatable bonds is 4. The molecule has 24 heavy (non-hydrogen) atoms. The first-order valence-corrected chi connectivity index (χ1v) is 11.1. The summed E-state index contributed by atoms with van der Waals surface area (Å²) in [6, 6.07) is 0. The van der Waals surface area contributed by atoms with E-state index in [2.05, 4.69) is 77.5 Å². The fraction of sp³-hybridized carbons (Fsp3) is 0.273. The summed E-state index contributed by atoms with van der Waals surface area (Å²) >= 11 is 0. The van der Waals surface area contributed by atoms with Gasteiger partial charge in [0.05, 0.1) is 0 Å². The summed E-state index contributed by atoms with van der Waals surface area (Å²) in [5, 5.41) is 0. The average Bonchev–Trinajstić information content (AvgIpc) is 2.58. The van der Waals surface area contributed by atoms with Crippen molar-refractivity contribution in [2.45, 2.75) is 13.8 Å². The smallest absolute Gasteiger partial charge is 0.0411 e. The predicted octanol–water partition coefficient (Wildman–Crippen LogP) is 4.54. The fourth-order valence-electron chi connectivity index (χ4n) is 1.05. The highest BCUT2D eigenvalue weighted by Crippen LogP contribution is 2.31. The van der Waals surface area contributed by atoms with Crippen molar-refractivity contribution in [2.24, 2.45) is 0 Å². The van der Waals surface area contributed by atoms with Crippen LogP contribution in [0.15, 0.2) is 24.0 Å². The third kappa shape index (κ3) is 22.0. The third-order valence-electron chi connectivity index (χ3n) is 2.09. The first-order valence-electron chi connectivity index (χ1n) is 7.09. The third-order valence-corrected chi connectivity index (χ3v) is 4.66. The Balaban J connectivity index is 0. The predicted molar refractivity (Wildman–Crippen MR) is 114 cm³/mol. The van der Waals surface area contributed by atoms with E-state index in [4.69, 9.17) is 12.8 Å². The van der Waals surface area contributed by atoms with Gasteiger partial charge < -0.3 is 0 Å². The molecule has 0 aromatic carbocycles. The molecule has 120 valence electrons. The van der Waals surface area contributed by atoms with Crippen LogP contribution >= 0.6 is 15.8 Å². The van der Waals surface area contributed by atoms with E-state index < -0.39 is 0 Å². The molecule has 2 heteroatoms. The van der Waals surface area contributed by atoms with E-state index in [1.165, 1.54) is 0 Å². The van der Waals surface area contributed by atoms with E-state index in [1.807, 2.05) is 32.7 Å². The lowest BCUT2D eigenvalue weighted by Gasteiger charge is -1.98. The highest BCUT2D eigenvalue weighted by atomic mass is 31.1. The summed E-state index contributed by atoms with van der Waals surface area (Å²) in [6.45, 7) is 7.94. The quantitative estimate of drug-likeness (QED) is 0.517. The van der Waals surface area contributed by atoms with E-state index in [1.54, 1.807) is 0 Å². The molecule has 0 spiro atoms. The van der Waals surface area contributed by atoms with Crippen molar-refractivity contribution in [3.63, 3.8) is 0 Å². The van der Waals surface area contributed by atoms with Crippen molar-refractivity contribution >= 4 is 15.8 Å². The van der Waals surface area contributed by atoms with Crippen LogP contribution in [0.4, 0.5) is 0 Å². The SMILES string of the molecule is C#CC#CCP(C)C#CC#C.CC#CC=CCP(C)C=CC#CC. The first kappa shape index (κ1) is 24.0. The van der Waals surface area contributed by atoms with Crippen LogP contribution in [0.3, 0.4) is 0 Å². The standard InChI is InChI=1S/C12H15P.C10H7P/c1-4-6-8-10-12-13(3)11-9-7-5-2;1-4-6-8-10-11(3)9-7-5-2/h8-11H,12H2,1-3H3;1-2H,10H2,3H3. The van der Waals surface area contributed by atoms with Gasteiger partial charge >= 0.3 is 0 Å². The van der Waals surface area contributed by atoms with Gasteiger partial charge in [0.2, 0.25) is 0 Å². The van der Waals surface area contributed by atoms with Crippen molar-refractivity contribution in [2.75, 3.05) is 25.7 Å². The molecule has 2 atom stereocenters. The second-order valence-corrected chi connectivity index (χ2v) is 8.24. The monoisotopic (exact) mass is 348 g/mol. The maximum absolute atomic E-state index is 4.95. The molecule has 0 rings (SSSR count). The molecule has 0 aromatic rings. The van der Waals surface area contributed by atoms with Crippen LogP contribution in [-0.4, -0.2) is 25.7 Å². The number of hydrogen-bond donors (Lipinski definition) is 0. The van der Waals surface area contributed by atoms with Crippen molar-refractivity contribution in [1.82, 2.24) is 0 Å². The Kier molecular flexibility index (Phi) is 20.7. The maximum Gasteiger partial charge on any atom is 0.0411 e. The Hall–Kier alpha value is -2.30. The number of hydrogen-bond acceptors (Lipinski definition) is 0. The maximum atomic E-state index is 4.95. The molecule has 0 aliphatic rings. The van der Waals surface area contributed by atoms with Gasteiger partial charge in [0.1, 0.15) is 0 Å². The van der Waals surface area contributed by atoms with Crippen molar-refractivity contribution in [3.05, 3.63) is 24.0 Å². The topological polar surface area (TPSA) is 0 Å². The highest BCUT2D eigenvalue weighted by Gasteiger charge is 1.89.